The molecule has 0 bridgehead atoms. The van der Waals surface area contributed by atoms with E-state index in [1.807, 2.05) is 24.3 Å². The summed E-state index contributed by atoms with van der Waals surface area (Å²) in [6, 6.07) is 12.2. The molecule has 2 rings (SSSR count). The summed E-state index contributed by atoms with van der Waals surface area (Å²) in [7, 11) is 0. The molecule has 2 aromatic rings. The number of aromatic nitrogens is 1. The number of nitrogens with zero attached hydrogens (tertiary/aromatic N) is 1. The summed E-state index contributed by atoms with van der Waals surface area (Å²) in [5.41, 5.74) is 1.06. The Kier molecular flexibility index (Phi) is 2.83. The minimum Gasteiger partial charge on any atom is -0.412 e. The number of hydrogen-bond acceptors (Lipinski definition) is 1. The highest BCUT2D eigenvalue weighted by molar-refractivity contribution is 6.31. The van der Waals surface area contributed by atoms with Gasteiger partial charge < -0.3 is 5.48 Å². The quantitative estimate of drug-likeness (QED) is 0.525. The molecule has 0 fully saturated rings. The average molecular weight is 173 g/mol. The summed E-state index contributed by atoms with van der Waals surface area (Å²) in [6.45, 7) is 0. The Morgan fingerprint density at radius 1 is 1.00 bits per heavy atom. The lowest BCUT2D eigenvalue weighted by molar-refractivity contribution is 0.824. The van der Waals surface area contributed by atoms with Crippen molar-refractivity contribution in [2.45, 2.75) is 0 Å². The Hall–Kier alpha value is -0.878. The maximum absolute atomic E-state index is 4.34. The first kappa shape index (κ1) is 9.21. The molecule has 58 valence electrons. The Morgan fingerprint density at radius 2 is 1.75 bits per heavy atom. The van der Waals surface area contributed by atoms with Crippen LogP contribution in [0.3, 0.4) is 0 Å². The summed E-state index contributed by atoms with van der Waals surface area (Å²) >= 11 is 2.59. The van der Waals surface area contributed by atoms with Crippen molar-refractivity contribution >= 4 is 31.7 Å². The van der Waals surface area contributed by atoms with Crippen molar-refractivity contribution < 1.29 is 5.48 Å². The Morgan fingerprint density at radius 3 is 2.58 bits per heavy atom. The Bertz CT molecular complexity index is 389. The fraction of sp³-hybridized carbons (Fsp3) is 0. The van der Waals surface area contributed by atoms with Gasteiger partial charge in [-0.25, -0.2) is 0 Å². The van der Waals surface area contributed by atoms with Crippen LogP contribution in [0.1, 0.15) is 0 Å². The van der Waals surface area contributed by atoms with Crippen LogP contribution in [0.15, 0.2) is 36.4 Å². The standard InChI is InChI=1S/C9H6N.Al.H2O/c1-2-6-9-8(4-1)5-3-7-10-9;;/h1-6H;;1H2. The molecule has 0 atom stereocenters. The number of para-hydroxylation sites is 1. The lowest BCUT2D eigenvalue weighted by atomic mass is 10.2. The van der Waals surface area contributed by atoms with Gasteiger partial charge in [0.1, 0.15) is 0 Å². The third-order valence-corrected chi connectivity index (χ3v) is 1.94. The number of rotatable bonds is 0. The van der Waals surface area contributed by atoms with Gasteiger partial charge in [-0.2, -0.15) is 0 Å². The highest BCUT2D eigenvalue weighted by Gasteiger charge is 1.90. The number of fused-ring (bicyclic) bond motifs is 1. The molecule has 2 nitrogen and oxygen atoms in total. The van der Waals surface area contributed by atoms with Crippen molar-refractivity contribution in [2.24, 2.45) is 0 Å². The fourth-order valence-corrected chi connectivity index (χ4v) is 1.32. The van der Waals surface area contributed by atoms with E-state index >= 15 is 0 Å². The molecule has 12 heavy (non-hydrogen) atoms. The third kappa shape index (κ3) is 1.65. The van der Waals surface area contributed by atoms with Crippen molar-refractivity contribution in [3.05, 3.63) is 36.4 Å². The van der Waals surface area contributed by atoms with Crippen LogP contribution in [0.2, 0.25) is 0 Å². The normalized spacial score (nSPS) is 9.33. The van der Waals surface area contributed by atoms with E-state index in [1.165, 1.54) is 5.39 Å². The zero-order valence-corrected chi connectivity index (χ0v) is 7.64. The molecule has 0 unspecified atom stereocenters. The predicted molar refractivity (Wildman–Crippen MR) is 50.7 cm³/mol. The van der Waals surface area contributed by atoms with Crippen LogP contribution in [0.25, 0.3) is 10.9 Å². The molecule has 0 aliphatic rings. The van der Waals surface area contributed by atoms with E-state index in [1.54, 1.807) is 0 Å². The van der Waals surface area contributed by atoms with Crippen LogP contribution in [0, 0.1) is 0 Å². The molecule has 0 spiro atoms. The van der Waals surface area contributed by atoms with Crippen molar-refractivity contribution in [1.29, 1.82) is 0 Å². The highest BCUT2D eigenvalue weighted by Crippen LogP contribution is 2.07. The van der Waals surface area contributed by atoms with E-state index in [4.69, 9.17) is 0 Å². The van der Waals surface area contributed by atoms with Crippen LogP contribution < -0.4 is 4.56 Å². The number of benzene rings is 1. The second kappa shape index (κ2) is 3.68. The summed E-state index contributed by atoms with van der Waals surface area (Å²) < 4.78 is 0.990. The maximum Gasteiger partial charge on any atom is 0.209 e. The van der Waals surface area contributed by atoms with Gasteiger partial charge in [0.05, 0.1) is 5.52 Å². The highest BCUT2D eigenvalue weighted by atomic mass is 27.0. The van der Waals surface area contributed by atoms with E-state index in [-0.39, 0.29) is 5.48 Å². The average Bonchev–Trinajstić information content (AvgIpc) is 2.04. The second-order valence-corrected chi connectivity index (χ2v) is 3.02. The minimum atomic E-state index is 0. The molecule has 2 N–H and O–H groups in total. The van der Waals surface area contributed by atoms with E-state index in [2.05, 4.69) is 33.4 Å². The number of hydrogen-bond donors (Lipinski definition) is 0. The molecule has 0 aliphatic heterocycles. The lowest BCUT2D eigenvalue weighted by Gasteiger charge is -1.97. The Balaban J connectivity index is 0.000000720. The van der Waals surface area contributed by atoms with Gasteiger partial charge in [0.2, 0.25) is 16.3 Å². The van der Waals surface area contributed by atoms with E-state index in [0.29, 0.717) is 0 Å². The minimum absolute atomic E-state index is 0. The van der Waals surface area contributed by atoms with Gasteiger partial charge in [0.25, 0.3) is 0 Å². The van der Waals surface area contributed by atoms with Crippen molar-refractivity contribution in [3.63, 3.8) is 0 Å². The summed E-state index contributed by atoms with van der Waals surface area (Å²) in [6.07, 6.45) is 0. The topological polar surface area (TPSA) is 44.4 Å². The molecule has 1 heterocycles. The van der Waals surface area contributed by atoms with Gasteiger partial charge >= 0.3 is 0 Å². The van der Waals surface area contributed by atoms with Crippen molar-refractivity contribution in [2.75, 3.05) is 0 Å². The van der Waals surface area contributed by atoms with Crippen LogP contribution in [0.4, 0.5) is 0 Å². The predicted octanol–water partition coefficient (Wildman–Crippen LogP) is 0.204. The van der Waals surface area contributed by atoms with Crippen LogP contribution in [-0.2, 0) is 0 Å². The monoisotopic (exact) mass is 173 g/mol. The summed E-state index contributed by atoms with van der Waals surface area (Å²) in [4.78, 5) is 4.34. The zero-order valence-electron chi connectivity index (χ0n) is 6.49. The maximum atomic E-state index is 4.34. The molecule has 3 heteroatoms. The SMILES string of the molecule is O.[Al][c]1ccc2ccccc2n1. The molecule has 1 aromatic carbocycles. The second-order valence-electron chi connectivity index (χ2n) is 2.43. The lowest BCUT2D eigenvalue weighted by Crippen LogP contribution is -2.06. The van der Waals surface area contributed by atoms with Crippen LogP contribution in [-0.4, -0.2) is 26.8 Å². The first-order valence-electron chi connectivity index (χ1n) is 3.47. The first-order chi connectivity index (χ1) is 5.36. The van der Waals surface area contributed by atoms with Gasteiger partial charge in [-0.15, -0.1) is 0 Å². The van der Waals surface area contributed by atoms with Gasteiger partial charge in [-0.1, -0.05) is 34.9 Å². The zero-order chi connectivity index (χ0) is 7.68. The smallest absolute Gasteiger partial charge is 0.209 e. The largest absolute Gasteiger partial charge is 0.412 e. The summed E-state index contributed by atoms with van der Waals surface area (Å²) in [5.74, 6) is 0. The van der Waals surface area contributed by atoms with Crippen molar-refractivity contribution in [3.8, 4) is 0 Å². The molecular weight excluding hydrogens is 165 g/mol. The van der Waals surface area contributed by atoms with Crippen LogP contribution >= 0.6 is 0 Å². The fourth-order valence-electron chi connectivity index (χ4n) is 1.08. The Labute approximate surface area is 79.0 Å². The molecule has 0 saturated carbocycles. The molecule has 0 amide bonds. The van der Waals surface area contributed by atoms with E-state index in [9.17, 15) is 0 Å². The van der Waals surface area contributed by atoms with Crippen molar-refractivity contribution in [1.82, 2.24) is 4.98 Å². The third-order valence-electron chi connectivity index (χ3n) is 1.62. The first-order valence-corrected chi connectivity index (χ1v) is 4.05. The summed E-state index contributed by atoms with van der Waals surface area (Å²) in [5, 5.41) is 1.19. The van der Waals surface area contributed by atoms with Gasteiger partial charge in [-0.05, 0) is 6.07 Å². The molecule has 0 saturated heterocycles. The number of pyridine rings is 1. The van der Waals surface area contributed by atoms with Gasteiger partial charge in [0.15, 0.2) is 0 Å². The van der Waals surface area contributed by atoms with Crippen LogP contribution in [0.5, 0.6) is 0 Å². The van der Waals surface area contributed by atoms with Gasteiger partial charge in [0, 0.05) is 5.39 Å². The van der Waals surface area contributed by atoms with E-state index in [0.717, 1.165) is 10.1 Å². The molecule has 1 aromatic heterocycles. The molecule has 0 aliphatic carbocycles. The van der Waals surface area contributed by atoms with E-state index < -0.39 is 0 Å². The molecule has 2 radical (unpaired) electrons. The molecular formula is C9H8AlNO. The van der Waals surface area contributed by atoms with Gasteiger partial charge in [-0.3, -0.25) is 4.98 Å².